The van der Waals surface area contributed by atoms with Gasteiger partial charge < -0.3 is 24.8 Å². The first-order valence-corrected chi connectivity index (χ1v) is 5.97. The zero-order valence-corrected chi connectivity index (χ0v) is 12.5. The van der Waals surface area contributed by atoms with E-state index in [1.165, 1.54) is 12.8 Å². The van der Waals surface area contributed by atoms with Crippen LogP contribution < -0.4 is 24.8 Å². The van der Waals surface area contributed by atoms with E-state index in [0.29, 0.717) is 3.12 Å². The predicted octanol–water partition coefficient (Wildman–Crippen LogP) is -2.74. The second-order valence-corrected chi connectivity index (χ2v) is 6.87. The van der Waals surface area contributed by atoms with Crippen molar-refractivity contribution in [3.05, 3.63) is 23.8 Å². The van der Waals surface area contributed by atoms with Gasteiger partial charge in [-0.1, -0.05) is 0 Å². The van der Waals surface area contributed by atoms with Crippen molar-refractivity contribution in [2.45, 2.75) is 29.8 Å². The quantitative estimate of drug-likeness (QED) is 0.456. The molecule has 0 N–H and O–H groups in total. The van der Waals surface area contributed by atoms with Crippen LogP contribution >= 0.6 is 0 Å². The Balaban J connectivity index is 0.000000845. The summed E-state index contributed by atoms with van der Waals surface area (Å²) >= 11 is 1.69. The smallest absolute Gasteiger partial charge is 1.00 e. The number of halogens is 2. The summed E-state index contributed by atoms with van der Waals surface area (Å²) in [7, 11) is 0. The van der Waals surface area contributed by atoms with Gasteiger partial charge in [-0.25, -0.2) is 0 Å². The van der Waals surface area contributed by atoms with Crippen LogP contribution in [0.3, 0.4) is 0 Å². The van der Waals surface area contributed by atoms with Crippen LogP contribution in [0.5, 0.6) is 0 Å². The summed E-state index contributed by atoms with van der Waals surface area (Å²) < 4.78 is 0.544. The molecule has 0 aliphatic heterocycles. The first kappa shape index (κ1) is 14.9. The van der Waals surface area contributed by atoms with E-state index >= 15 is 0 Å². The van der Waals surface area contributed by atoms with Crippen molar-refractivity contribution in [3.8, 4) is 0 Å². The number of hydrogen-bond donors (Lipinski definition) is 0. The van der Waals surface area contributed by atoms with Crippen molar-refractivity contribution in [2.75, 3.05) is 0 Å². The van der Waals surface area contributed by atoms with E-state index in [1.54, 1.807) is 30.3 Å². The van der Waals surface area contributed by atoms with Gasteiger partial charge >= 0.3 is 90.2 Å². The molecule has 0 amide bonds. The van der Waals surface area contributed by atoms with Crippen LogP contribution in [0, 0.1) is 11.8 Å². The SMILES string of the molecule is CC1CC2CC=CC=C2[C]1(C)[Zr+2].[Cl-].[Cl-]. The third kappa shape index (κ3) is 2.36. The molecule has 2 aliphatic carbocycles. The van der Waals surface area contributed by atoms with Gasteiger partial charge in [0.2, 0.25) is 0 Å². The third-order valence-corrected chi connectivity index (χ3v) is 5.42. The van der Waals surface area contributed by atoms with Crippen molar-refractivity contribution in [3.63, 3.8) is 0 Å². The Morgan fingerprint density at radius 2 is 2.07 bits per heavy atom. The topological polar surface area (TPSA) is 0 Å². The Morgan fingerprint density at radius 1 is 1.43 bits per heavy atom. The van der Waals surface area contributed by atoms with Crippen molar-refractivity contribution in [2.24, 2.45) is 11.8 Å². The average Bonchev–Trinajstić information content (AvgIpc) is 2.25. The van der Waals surface area contributed by atoms with Gasteiger partial charge in [0.05, 0.1) is 0 Å². The second-order valence-electron chi connectivity index (χ2n) is 4.32. The Morgan fingerprint density at radius 3 is 2.64 bits per heavy atom. The molecule has 0 aromatic rings. The third-order valence-electron chi connectivity index (χ3n) is 3.50. The van der Waals surface area contributed by atoms with Crippen LogP contribution in [-0.2, 0) is 24.7 Å². The van der Waals surface area contributed by atoms with Gasteiger partial charge in [0, 0.05) is 0 Å². The van der Waals surface area contributed by atoms with Gasteiger partial charge in [0.15, 0.2) is 0 Å². The minimum atomic E-state index is 0. The van der Waals surface area contributed by atoms with Crippen molar-refractivity contribution in [1.29, 1.82) is 0 Å². The number of hydrogen-bond acceptors (Lipinski definition) is 0. The molecule has 1 fully saturated rings. The van der Waals surface area contributed by atoms with Gasteiger partial charge in [-0.2, -0.15) is 0 Å². The fourth-order valence-corrected chi connectivity index (χ4v) is 3.44. The Bertz CT molecular complexity index is 256. The van der Waals surface area contributed by atoms with Gasteiger partial charge in [0.25, 0.3) is 0 Å². The van der Waals surface area contributed by atoms with Crippen molar-refractivity contribution in [1.82, 2.24) is 0 Å². The number of allylic oxidation sites excluding steroid dienone is 4. The van der Waals surface area contributed by atoms with Crippen molar-refractivity contribution < 1.29 is 49.5 Å². The Kier molecular flexibility index (Phi) is 5.68. The number of rotatable bonds is 0. The van der Waals surface area contributed by atoms with Gasteiger partial charge in [0.1, 0.15) is 0 Å². The molecule has 1 saturated carbocycles. The summed E-state index contributed by atoms with van der Waals surface area (Å²) in [5.41, 5.74) is 1.73. The fraction of sp³-hybridized carbons (Fsp3) is 0.636. The molecule has 0 radical (unpaired) electrons. The standard InChI is InChI=1S/C11H15.2ClH.Zr/c1-8-7-10-5-3-4-6-11(10)9(8)2;;;/h3-4,6,8,10H,5,7H2,1-2H3;2*1H;/q;;;+2/p-2. The summed E-state index contributed by atoms with van der Waals surface area (Å²) in [6, 6.07) is 0. The van der Waals surface area contributed by atoms with Gasteiger partial charge in [-0.3, -0.25) is 0 Å². The maximum atomic E-state index is 2.43. The molecule has 0 nitrogen and oxygen atoms in total. The summed E-state index contributed by atoms with van der Waals surface area (Å²) in [5, 5.41) is 0. The zero-order valence-electron chi connectivity index (χ0n) is 8.56. The minimum Gasteiger partial charge on any atom is -1.00 e. The van der Waals surface area contributed by atoms with Crippen LogP contribution in [0.2, 0.25) is 3.12 Å². The van der Waals surface area contributed by atoms with Crippen LogP contribution in [0.25, 0.3) is 0 Å². The summed E-state index contributed by atoms with van der Waals surface area (Å²) in [6.45, 7) is 4.84. The second kappa shape index (κ2) is 5.33. The van der Waals surface area contributed by atoms with Crippen LogP contribution in [0.4, 0.5) is 0 Å². The van der Waals surface area contributed by atoms with E-state index in [1.807, 2.05) is 0 Å². The molecule has 0 aromatic carbocycles. The molecule has 0 saturated heterocycles. The molecule has 3 atom stereocenters. The summed E-state index contributed by atoms with van der Waals surface area (Å²) in [5.74, 6) is 1.78. The van der Waals surface area contributed by atoms with Gasteiger partial charge in [-0.15, -0.1) is 0 Å². The molecule has 3 unspecified atom stereocenters. The molecule has 3 heteroatoms. The molecule has 0 aromatic heterocycles. The Labute approximate surface area is 114 Å². The molecule has 77 valence electrons. The van der Waals surface area contributed by atoms with Crippen LogP contribution in [0.1, 0.15) is 26.7 Å². The van der Waals surface area contributed by atoms with E-state index in [0.717, 1.165) is 11.8 Å². The molecule has 14 heavy (non-hydrogen) atoms. The normalized spacial score (nSPS) is 39.3. The molecular weight excluding hydrogens is 294 g/mol. The van der Waals surface area contributed by atoms with E-state index in [2.05, 4.69) is 32.1 Å². The summed E-state index contributed by atoms with van der Waals surface area (Å²) in [6.07, 6.45) is 9.63. The first-order chi connectivity index (χ1) is 5.62. The molecule has 0 spiro atoms. The molecule has 0 heterocycles. The maximum Gasteiger partial charge on any atom is -1.00 e. The van der Waals surface area contributed by atoms with E-state index in [9.17, 15) is 0 Å². The van der Waals surface area contributed by atoms with E-state index in [-0.39, 0.29) is 24.8 Å². The molecular formula is C11H15Cl2Zr. The first-order valence-electron chi connectivity index (χ1n) is 4.74. The number of fused-ring (bicyclic) bond motifs is 1. The van der Waals surface area contributed by atoms with E-state index in [4.69, 9.17) is 0 Å². The fourth-order valence-electron chi connectivity index (χ4n) is 2.44. The van der Waals surface area contributed by atoms with Crippen molar-refractivity contribution >= 4 is 0 Å². The molecule has 2 aliphatic rings. The van der Waals surface area contributed by atoms with Crippen LogP contribution in [-0.4, -0.2) is 0 Å². The predicted molar refractivity (Wildman–Crippen MR) is 47.5 cm³/mol. The largest absolute Gasteiger partial charge is 1.00 e. The zero-order chi connectivity index (χ0) is 8.77. The molecule has 0 bridgehead atoms. The monoisotopic (exact) mass is 307 g/mol. The average molecular weight is 309 g/mol. The molecule has 2 rings (SSSR count). The summed E-state index contributed by atoms with van der Waals surface area (Å²) in [4.78, 5) is 0. The van der Waals surface area contributed by atoms with Gasteiger partial charge in [-0.05, 0) is 0 Å². The van der Waals surface area contributed by atoms with Crippen LogP contribution in [0.15, 0.2) is 23.8 Å². The minimum absolute atomic E-state index is 0. The maximum absolute atomic E-state index is 2.43. The van der Waals surface area contributed by atoms with E-state index < -0.39 is 0 Å². The Hall–Kier alpha value is 0.943.